The molecule has 2 atom stereocenters. The molecule has 1 saturated heterocycles. The van der Waals surface area contributed by atoms with Gasteiger partial charge in [0, 0.05) is 24.7 Å². The Balaban J connectivity index is 1.46. The van der Waals surface area contributed by atoms with E-state index in [1.807, 2.05) is 11.5 Å². The largest absolute Gasteiger partial charge is 0.385 e. The predicted molar refractivity (Wildman–Crippen MR) is 146 cm³/mol. The molecule has 10 nitrogen and oxygen atoms in total. The SMILES string of the molecule is Cc1ccc(S(=O)(=O)N2CCC(n3c([C@@H](C)O)nc4cnc5c(ccn5S(=O)(=O)c5ccccc5)c43)C2)cc1. The summed E-state index contributed by atoms with van der Waals surface area (Å²) in [6.45, 7) is 3.99. The highest BCUT2D eigenvalue weighted by Gasteiger charge is 2.36. The fraction of sp³-hybridized carbons (Fsp3) is 0.259. The minimum absolute atomic E-state index is 0.135. The summed E-state index contributed by atoms with van der Waals surface area (Å²) >= 11 is 0. The maximum absolute atomic E-state index is 13.4. The highest BCUT2D eigenvalue weighted by molar-refractivity contribution is 7.90. The van der Waals surface area contributed by atoms with E-state index in [1.165, 1.54) is 28.8 Å². The van der Waals surface area contributed by atoms with Crippen LogP contribution in [0.5, 0.6) is 0 Å². The minimum Gasteiger partial charge on any atom is -0.385 e. The van der Waals surface area contributed by atoms with E-state index in [0.29, 0.717) is 35.2 Å². The van der Waals surface area contributed by atoms with Gasteiger partial charge in [-0.1, -0.05) is 35.9 Å². The normalized spacial score (nSPS) is 17.8. The Kier molecular flexibility index (Phi) is 6.10. The van der Waals surface area contributed by atoms with Gasteiger partial charge in [-0.25, -0.2) is 30.8 Å². The van der Waals surface area contributed by atoms with Crippen LogP contribution in [0, 0.1) is 6.92 Å². The average molecular weight is 566 g/mol. The molecule has 0 spiro atoms. The number of benzene rings is 2. The molecule has 1 aliphatic heterocycles. The van der Waals surface area contributed by atoms with Crippen LogP contribution in [0.2, 0.25) is 0 Å². The minimum atomic E-state index is -3.91. The van der Waals surface area contributed by atoms with Crippen LogP contribution in [-0.4, -0.2) is 57.8 Å². The van der Waals surface area contributed by atoms with Crippen LogP contribution >= 0.6 is 0 Å². The van der Waals surface area contributed by atoms with Gasteiger partial charge >= 0.3 is 0 Å². The van der Waals surface area contributed by atoms with Crippen molar-refractivity contribution in [2.75, 3.05) is 13.1 Å². The summed E-state index contributed by atoms with van der Waals surface area (Å²) < 4.78 is 58.0. The molecule has 1 aliphatic rings. The first-order valence-corrected chi connectivity index (χ1v) is 15.4. The van der Waals surface area contributed by atoms with Gasteiger partial charge in [0.15, 0.2) is 5.65 Å². The van der Waals surface area contributed by atoms with E-state index in [1.54, 1.807) is 55.5 Å². The van der Waals surface area contributed by atoms with Crippen molar-refractivity contribution in [3.05, 3.63) is 84.4 Å². The number of sulfonamides is 1. The van der Waals surface area contributed by atoms with E-state index in [9.17, 15) is 21.9 Å². The summed E-state index contributed by atoms with van der Waals surface area (Å²) in [5.41, 5.74) is 2.30. The Morgan fingerprint density at radius 2 is 1.64 bits per heavy atom. The molecule has 1 N–H and O–H groups in total. The zero-order valence-corrected chi connectivity index (χ0v) is 23.0. The lowest BCUT2D eigenvalue weighted by Crippen LogP contribution is -2.29. The number of aryl methyl sites for hydroxylation is 1. The third-order valence-electron chi connectivity index (χ3n) is 7.18. The highest BCUT2D eigenvalue weighted by Crippen LogP contribution is 2.36. The summed E-state index contributed by atoms with van der Waals surface area (Å²) in [7, 11) is -7.62. The Hall–Kier alpha value is -3.58. The highest BCUT2D eigenvalue weighted by atomic mass is 32.2. The number of hydrogen-bond donors (Lipinski definition) is 1. The van der Waals surface area contributed by atoms with E-state index in [4.69, 9.17) is 0 Å². The lowest BCUT2D eigenvalue weighted by molar-refractivity contribution is 0.182. The molecule has 1 unspecified atom stereocenters. The van der Waals surface area contributed by atoms with Crippen LogP contribution in [-0.2, 0) is 20.0 Å². The van der Waals surface area contributed by atoms with Crippen molar-refractivity contribution in [3.8, 4) is 0 Å². The van der Waals surface area contributed by atoms with Crippen molar-refractivity contribution in [1.29, 1.82) is 0 Å². The zero-order valence-electron chi connectivity index (χ0n) is 21.3. The maximum Gasteiger partial charge on any atom is 0.269 e. The summed E-state index contributed by atoms with van der Waals surface area (Å²) in [5.74, 6) is 0.373. The molecule has 12 heteroatoms. The first-order valence-electron chi connectivity index (χ1n) is 12.5. The molecule has 0 saturated carbocycles. The summed E-state index contributed by atoms with van der Waals surface area (Å²) in [6.07, 6.45) is 2.52. The zero-order chi connectivity index (χ0) is 27.5. The number of imidazole rings is 1. The second kappa shape index (κ2) is 9.26. The first kappa shape index (κ1) is 25.7. The van der Waals surface area contributed by atoms with Crippen molar-refractivity contribution in [3.63, 3.8) is 0 Å². The maximum atomic E-state index is 13.4. The van der Waals surface area contributed by atoms with E-state index in [2.05, 4.69) is 9.97 Å². The lowest BCUT2D eigenvalue weighted by Gasteiger charge is -2.20. The summed E-state index contributed by atoms with van der Waals surface area (Å²) in [5, 5.41) is 11.2. The molecule has 0 bridgehead atoms. The quantitative estimate of drug-likeness (QED) is 0.333. The van der Waals surface area contributed by atoms with Gasteiger partial charge in [0.2, 0.25) is 10.0 Å². The summed E-state index contributed by atoms with van der Waals surface area (Å²) in [6, 6.07) is 16.2. The Labute approximate surface area is 226 Å². The Bertz CT molecular complexity index is 1910. The van der Waals surface area contributed by atoms with Crippen molar-refractivity contribution in [1.82, 2.24) is 22.8 Å². The number of rotatable bonds is 6. The topological polar surface area (TPSA) is 127 Å². The van der Waals surface area contributed by atoms with Gasteiger partial charge in [0.25, 0.3) is 10.0 Å². The van der Waals surface area contributed by atoms with E-state index >= 15 is 0 Å². The first-order chi connectivity index (χ1) is 18.6. The monoisotopic (exact) mass is 565 g/mol. The van der Waals surface area contributed by atoms with Crippen LogP contribution in [0.15, 0.2) is 82.8 Å². The van der Waals surface area contributed by atoms with Gasteiger partial charge in [-0.05, 0) is 50.6 Å². The van der Waals surface area contributed by atoms with Crippen LogP contribution in [0.25, 0.3) is 22.1 Å². The third-order valence-corrected chi connectivity index (χ3v) is 10.7. The number of aliphatic hydroxyl groups is 1. The second-order valence-corrected chi connectivity index (χ2v) is 13.5. The smallest absolute Gasteiger partial charge is 0.269 e. The number of nitrogens with zero attached hydrogens (tertiary/aromatic N) is 5. The van der Waals surface area contributed by atoms with Crippen LogP contribution in [0.1, 0.15) is 36.9 Å². The molecule has 202 valence electrons. The van der Waals surface area contributed by atoms with Crippen LogP contribution < -0.4 is 0 Å². The molecular formula is C27H27N5O5S2. The molecule has 2 aromatic carbocycles. The van der Waals surface area contributed by atoms with Crippen LogP contribution in [0.3, 0.4) is 0 Å². The second-order valence-electron chi connectivity index (χ2n) is 9.79. The number of hydrogen-bond acceptors (Lipinski definition) is 7. The molecule has 1 fully saturated rings. The van der Waals surface area contributed by atoms with Gasteiger partial charge < -0.3 is 9.67 Å². The van der Waals surface area contributed by atoms with E-state index < -0.39 is 26.2 Å². The van der Waals surface area contributed by atoms with E-state index in [0.717, 1.165) is 9.54 Å². The van der Waals surface area contributed by atoms with Crippen molar-refractivity contribution >= 4 is 42.1 Å². The molecule has 5 aromatic rings. The number of fused-ring (bicyclic) bond motifs is 3. The fourth-order valence-corrected chi connectivity index (χ4v) is 8.04. The van der Waals surface area contributed by atoms with Gasteiger partial charge in [0.05, 0.1) is 27.5 Å². The van der Waals surface area contributed by atoms with Crippen LogP contribution in [0.4, 0.5) is 0 Å². The summed E-state index contributed by atoms with van der Waals surface area (Å²) in [4.78, 5) is 9.40. The fourth-order valence-electron chi connectivity index (χ4n) is 5.23. The Morgan fingerprint density at radius 1 is 0.949 bits per heavy atom. The third kappa shape index (κ3) is 4.15. The van der Waals surface area contributed by atoms with Gasteiger partial charge in [0.1, 0.15) is 17.4 Å². The predicted octanol–water partition coefficient (Wildman–Crippen LogP) is 3.62. The van der Waals surface area contributed by atoms with Crippen molar-refractivity contribution in [2.45, 2.75) is 42.2 Å². The van der Waals surface area contributed by atoms with Crippen molar-refractivity contribution < 1.29 is 21.9 Å². The molecule has 3 aromatic heterocycles. The van der Waals surface area contributed by atoms with Gasteiger partial charge in [-0.3, -0.25) is 0 Å². The molecule has 0 amide bonds. The number of aromatic nitrogens is 4. The van der Waals surface area contributed by atoms with E-state index in [-0.39, 0.29) is 28.0 Å². The molecule has 0 aliphatic carbocycles. The number of aliphatic hydroxyl groups excluding tert-OH is 1. The average Bonchev–Trinajstić information content (AvgIpc) is 3.65. The lowest BCUT2D eigenvalue weighted by atomic mass is 10.2. The van der Waals surface area contributed by atoms with Crippen molar-refractivity contribution in [2.24, 2.45) is 0 Å². The molecular weight excluding hydrogens is 538 g/mol. The standard InChI is InChI=1S/C27H27N5O5S2/c1-18-8-10-22(11-9-18)38(34,35)30-14-12-20(17-30)32-25-23-13-15-31(39(36,37)21-6-4-3-5-7-21)27(23)28-16-24(25)29-26(32)19(2)33/h3-11,13,15-16,19-20,33H,12,14,17H2,1-2H3/t19-,20?/m1/s1. The molecule has 0 radical (unpaired) electrons. The van der Waals surface area contributed by atoms with Gasteiger partial charge in [-0.15, -0.1) is 0 Å². The molecule has 4 heterocycles. The van der Waals surface area contributed by atoms with Gasteiger partial charge in [-0.2, -0.15) is 4.31 Å². The molecule has 6 rings (SSSR count). The molecule has 39 heavy (non-hydrogen) atoms. The number of pyridine rings is 1. The Morgan fingerprint density at radius 3 is 2.33 bits per heavy atom.